The summed E-state index contributed by atoms with van der Waals surface area (Å²) < 4.78 is 52.6. The van der Waals surface area contributed by atoms with Crippen molar-refractivity contribution < 1.29 is 27.1 Å². The van der Waals surface area contributed by atoms with Gasteiger partial charge in [-0.2, -0.15) is 0 Å². The number of carboxylic acid groups (broad SMARTS) is 1. The molecule has 2 aromatic carbocycles. The summed E-state index contributed by atoms with van der Waals surface area (Å²) in [5.41, 5.74) is 1.09. The molecule has 0 bridgehead atoms. The lowest BCUT2D eigenvalue weighted by molar-refractivity contribution is -0.137. The summed E-state index contributed by atoms with van der Waals surface area (Å²) in [6, 6.07) is 13.7. The van der Waals surface area contributed by atoms with Crippen molar-refractivity contribution in [2.24, 2.45) is 0 Å². The number of aliphatic carboxylic acids is 1. The highest BCUT2D eigenvalue weighted by atomic mass is 32.2. The fraction of sp³-hybridized carbons (Fsp3) is 0.316. The Morgan fingerprint density at radius 1 is 1.00 bits per heavy atom. The zero-order valence-corrected chi connectivity index (χ0v) is 15.3. The molecule has 0 aromatic heterocycles. The van der Waals surface area contributed by atoms with Crippen LogP contribution in [-0.2, 0) is 27.0 Å². The fourth-order valence-electron chi connectivity index (χ4n) is 2.67. The minimum Gasteiger partial charge on any atom is -0.481 e. The molecule has 2 aromatic rings. The Labute approximate surface area is 157 Å². The second kappa shape index (κ2) is 9.57. The van der Waals surface area contributed by atoms with Crippen LogP contribution in [0.5, 0.6) is 0 Å². The predicted octanol–water partition coefficient (Wildman–Crippen LogP) is 3.52. The van der Waals surface area contributed by atoms with Gasteiger partial charge in [-0.05, 0) is 24.0 Å². The first-order valence-corrected chi connectivity index (χ1v) is 10.0. The molecule has 0 fully saturated rings. The first kappa shape index (κ1) is 21.0. The number of hydrogen-bond donors (Lipinski definition) is 2. The molecule has 146 valence electrons. The Kier molecular flexibility index (Phi) is 7.44. The van der Waals surface area contributed by atoms with E-state index < -0.39 is 28.5 Å². The van der Waals surface area contributed by atoms with Crippen LogP contribution >= 0.6 is 0 Å². The first-order chi connectivity index (χ1) is 12.7. The quantitative estimate of drug-likeness (QED) is 0.643. The van der Waals surface area contributed by atoms with Crippen LogP contribution in [-0.4, -0.2) is 25.5 Å². The molecular formula is C19H21F2NO4S. The second-order valence-corrected chi connectivity index (χ2v) is 7.99. The van der Waals surface area contributed by atoms with Crippen LogP contribution < -0.4 is 4.72 Å². The van der Waals surface area contributed by atoms with E-state index in [1.807, 2.05) is 30.3 Å². The highest BCUT2D eigenvalue weighted by Crippen LogP contribution is 2.19. The van der Waals surface area contributed by atoms with E-state index in [0.717, 1.165) is 5.56 Å². The zero-order valence-electron chi connectivity index (χ0n) is 14.5. The lowest BCUT2D eigenvalue weighted by Crippen LogP contribution is -2.37. The van der Waals surface area contributed by atoms with Crippen molar-refractivity contribution in [1.82, 2.24) is 4.72 Å². The number of nitrogens with one attached hydrogen (secondary N) is 1. The summed E-state index contributed by atoms with van der Waals surface area (Å²) >= 11 is 0. The highest BCUT2D eigenvalue weighted by molar-refractivity contribution is 7.88. The van der Waals surface area contributed by atoms with Gasteiger partial charge in [0, 0.05) is 18.0 Å². The van der Waals surface area contributed by atoms with E-state index in [0.29, 0.717) is 12.0 Å². The summed E-state index contributed by atoms with van der Waals surface area (Å²) in [6.45, 7) is 0. The van der Waals surface area contributed by atoms with Crippen LogP contribution in [0.25, 0.3) is 0 Å². The van der Waals surface area contributed by atoms with Crippen LogP contribution in [0.4, 0.5) is 8.78 Å². The Hall–Kier alpha value is -2.32. The molecule has 2 N–H and O–H groups in total. The van der Waals surface area contributed by atoms with Crippen molar-refractivity contribution in [1.29, 1.82) is 0 Å². The van der Waals surface area contributed by atoms with Gasteiger partial charge in [0.1, 0.15) is 0 Å². The molecule has 0 aliphatic heterocycles. The van der Waals surface area contributed by atoms with E-state index in [2.05, 4.69) is 4.72 Å². The van der Waals surface area contributed by atoms with Crippen molar-refractivity contribution in [3.8, 4) is 0 Å². The predicted molar refractivity (Wildman–Crippen MR) is 98.0 cm³/mol. The molecule has 0 amide bonds. The lowest BCUT2D eigenvalue weighted by Gasteiger charge is -2.18. The van der Waals surface area contributed by atoms with Crippen molar-refractivity contribution in [2.45, 2.75) is 37.5 Å². The van der Waals surface area contributed by atoms with Gasteiger partial charge in [0.25, 0.3) is 6.43 Å². The summed E-state index contributed by atoms with van der Waals surface area (Å²) in [5, 5.41) is 8.89. The number of benzene rings is 2. The minimum atomic E-state index is -3.77. The molecular weight excluding hydrogens is 376 g/mol. The summed E-state index contributed by atoms with van der Waals surface area (Å²) in [6.07, 6.45) is -2.27. The van der Waals surface area contributed by atoms with Gasteiger partial charge in [-0.15, -0.1) is 0 Å². The highest BCUT2D eigenvalue weighted by Gasteiger charge is 2.20. The number of sulfonamides is 1. The van der Waals surface area contributed by atoms with Crippen molar-refractivity contribution >= 4 is 16.0 Å². The fourth-order valence-corrected chi connectivity index (χ4v) is 4.10. The standard InChI is InChI=1S/C19H21F2NO4S/c20-19(21)16-8-6-15(7-9-16)13-27(25,26)22-17(10-11-18(23)24)12-14-4-2-1-3-5-14/h1-9,17,19,22H,10-13H2,(H,23,24). The molecule has 0 aliphatic carbocycles. The normalized spacial score (nSPS) is 12.9. The molecule has 0 aliphatic rings. The number of carbonyl (C=O) groups is 1. The first-order valence-electron chi connectivity index (χ1n) is 8.38. The van der Waals surface area contributed by atoms with E-state index in [-0.39, 0.29) is 24.2 Å². The van der Waals surface area contributed by atoms with Crippen LogP contribution in [0, 0.1) is 0 Å². The average molecular weight is 397 g/mol. The zero-order chi connectivity index (χ0) is 19.9. The van der Waals surface area contributed by atoms with Gasteiger partial charge >= 0.3 is 5.97 Å². The van der Waals surface area contributed by atoms with Crippen LogP contribution in [0.3, 0.4) is 0 Å². The maximum Gasteiger partial charge on any atom is 0.303 e. The van der Waals surface area contributed by atoms with Crippen LogP contribution in [0.2, 0.25) is 0 Å². The number of halogens is 2. The number of rotatable bonds is 10. The Balaban J connectivity index is 2.07. The van der Waals surface area contributed by atoms with E-state index in [1.165, 1.54) is 24.3 Å². The molecule has 0 saturated heterocycles. The third-order valence-corrected chi connectivity index (χ3v) is 5.37. The largest absolute Gasteiger partial charge is 0.481 e. The third kappa shape index (κ3) is 7.44. The van der Waals surface area contributed by atoms with Crippen LogP contribution in [0.1, 0.15) is 36.0 Å². The molecule has 0 radical (unpaired) electrons. The van der Waals surface area contributed by atoms with Crippen molar-refractivity contribution in [3.05, 3.63) is 71.3 Å². The summed E-state index contributed by atoms with van der Waals surface area (Å²) in [4.78, 5) is 10.9. The molecule has 0 spiro atoms. The Morgan fingerprint density at radius 2 is 1.63 bits per heavy atom. The van der Waals surface area contributed by atoms with Gasteiger partial charge in [0.05, 0.1) is 5.75 Å². The molecule has 5 nitrogen and oxygen atoms in total. The van der Waals surface area contributed by atoms with Gasteiger partial charge in [0.15, 0.2) is 0 Å². The molecule has 27 heavy (non-hydrogen) atoms. The lowest BCUT2D eigenvalue weighted by atomic mass is 10.0. The Bertz CT molecular complexity index is 840. The van der Waals surface area contributed by atoms with Gasteiger partial charge in [-0.25, -0.2) is 21.9 Å². The third-order valence-electron chi connectivity index (χ3n) is 3.97. The van der Waals surface area contributed by atoms with Gasteiger partial charge in [-0.1, -0.05) is 54.6 Å². The SMILES string of the molecule is O=C(O)CCC(Cc1ccccc1)NS(=O)(=O)Cc1ccc(C(F)F)cc1. The monoisotopic (exact) mass is 397 g/mol. The maximum atomic E-state index is 12.6. The molecule has 1 unspecified atom stereocenters. The van der Waals surface area contributed by atoms with Gasteiger partial charge in [-0.3, -0.25) is 4.79 Å². The van der Waals surface area contributed by atoms with E-state index >= 15 is 0 Å². The molecule has 0 heterocycles. The van der Waals surface area contributed by atoms with Crippen molar-refractivity contribution in [3.63, 3.8) is 0 Å². The maximum absolute atomic E-state index is 12.6. The van der Waals surface area contributed by atoms with Crippen molar-refractivity contribution in [2.75, 3.05) is 0 Å². The second-order valence-electron chi connectivity index (χ2n) is 6.24. The minimum absolute atomic E-state index is 0.147. The molecule has 1 atom stereocenters. The molecule has 0 saturated carbocycles. The summed E-state index contributed by atoms with van der Waals surface area (Å²) in [5.74, 6) is -1.37. The topological polar surface area (TPSA) is 83.5 Å². The van der Waals surface area contributed by atoms with Gasteiger partial charge in [0.2, 0.25) is 10.0 Å². The number of carboxylic acids is 1. The van der Waals surface area contributed by atoms with E-state index in [1.54, 1.807) is 0 Å². The Morgan fingerprint density at radius 3 is 2.19 bits per heavy atom. The smallest absolute Gasteiger partial charge is 0.303 e. The summed E-state index contributed by atoms with van der Waals surface area (Å²) in [7, 11) is -3.77. The van der Waals surface area contributed by atoms with E-state index in [9.17, 15) is 22.0 Å². The molecule has 8 heteroatoms. The number of alkyl halides is 2. The molecule has 2 rings (SSSR count). The van der Waals surface area contributed by atoms with Crippen LogP contribution in [0.15, 0.2) is 54.6 Å². The average Bonchev–Trinajstić information content (AvgIpc) is 2.60. The van der Waals surface area contributed by atoms with Gasteiger partial charge < -0.3 is 5.11 Å². The van der Waals surface area contributed by atoms with E-state index in [4.69, 9.17) is 5.11 Å². The number of hydrogen-bond acceptors (Lipinski definition) is 3.